The summed E-state index contributed by atoms with van der Waals surface area (Å²) in [6.07, 6.45) is -0.0105. The lowest BCUT2D eigenvalue weighted by atomic mass is 9.98. The molecule has 0 aromatic heterocycles. The van der Waals surface area contributed by atoms with Crippen molar-refractivity contribution in [3.05, 3.63) is 57.6 Å². The Labute approximate surface area is 293 Å². The van der Waals surface area contributed by atoms with E-state index in [9.17, 15) is 27.6 Å². The second kappa shape index (κ2) is 15.2. The van der Waals surface area contributed by atoms with Gasteiger partial charge in [0.1, 0.15) is 0 Å². The smallest absolute Gasteiger partial charge is 0.418 e. The Bertz CT molecular complexity index is 1520. The van der Waals surface area contributed by atoms with E-state index in [1.165, 1.54) is 30.2 Å². The zero-order valence-corrected chi connectivity index (χ0v) is 29.1. The van der Waals surface area contributed by atoms with E-state index >= 15 is 0 Å². The molecule has 3 N–H and O–H groups in total. The number of alkyl halides is 3. The van der Waals surface area contributed by atoms with Crippen LogP contribution in [-0.2, 0) is 28.5 Å². The van der Waals surface area contributed by atoms with Crippen molar-refractivity contribution in [3.8, 4) is 0 Å². The van der Waals surface area contributed by atoms with Gasteiger partial charge in [0.25, 0.3) is 5.91 Å². The molecule has 0 radical (unpaired) electrons. The molecule has 4 aliphatic rings. The molecule has 49 heavy (non-hydrogen) atoms. The first kappa shape index (κ1) is 35.3. The Hall–Kier alpha value is -3.52. The summed E-state index contributed by atoms with van der Waals surface area (Å²) < 4.78 is 47.4. The monoisotopic (exact) mass is 748 g/mol. The molecule has 1 unspecified atom stereocenters. The highest BCUT2D eigenvalue weighted by Crippen LogP contribution is 2.38. The number of nitrogens with zero attached hydrogens (tertiary/aromatic N) is 4. The molecule has 1 atom stereocenters. The van der Waals surface area contributed by atoms with Crippen LogP contribution in [0.25, 0.3) is 0 Å². The van der Waals surface area contributed by atoms with Gasteiger partial charge in [0.15, 0.2) is 6.10 Å². The first-order chi connectivity index (χ1) is 23.5. The molecule has 3 fully saturated rings. The number of likely N-dealkylation sites (tertiary alicyclic amines) is 3. The summed E-state index contributed by atoms with van der Waals surface area (Å²) in [7, 11) is 0. The van der Waals surface area contributed by atoms with Crippen LogP contribution < -0.4 is 11.1 Å². The Morgan fingerprint density at radius 2 is 1.57 bits per heavy atom. The van der Waals surface area contributed by atoms with Crippen LogP contribution in [0.1, 0.15) is 61.6 Å². The Morgan fingerprint density at radius 1 is 0.918 bits per heavy atom. The van der Waals surface area contributed by atoms with Crippen molar-refractivity contribution in [2.24, 2.45) is 0 Å². The van der Waals surface area contributed by atoms with Gasteiger partial charge in [-0.25, -0.2) is 9.59 Å². The number of urea groups is 1. The minimum Gasteiger partial charge on any atom is -0.436 e. The summed E-state index contributed by atoms with van der Waals surface area (Å²) in [5, 5.41) is 2.99. The molecule has 0 bridgehead atoms. The largest absolute Gasteiger partial charge is 0.436 e. The second-order valence-electron chi connectivity index (χ2n) is 13.5. The molecule has 2 aromatic rings. The van der Waals surface area contributed by atoms with Gasteiger partial charge in [0, 0.05) is 61.4 Å². The van der Waals surface area contributed by atoms with Gasteiger partial charge in [0.2, 0.25) is 0 Å². The molecule has 2 aromatic carbocycles. The fraction of sp³-hybridized carbons (Fsp3) is 0.571. The molecular weight excluding hydrogens is 705 g/mol. The highest BCUT2D eigenvalue weighted by molar-refractivity contribution is 9.10. The third-order valence-electron chi connectivity index (χ3n) is 10.4. The number of fused-ring (bicyclic) bond motifs is 1. The average molecular weight is 750 g/mol. The predicted molar refractivity (Wildman–Crippen MR) is 183 cm³/mol. The Kier molecular flexibility index (Phi) is 10.9. The topological polar surface area (TPSA) is 111 Å². The molecule has 0 aliphatic carbocycles. The number of nitrogens with two attached hydrogens (primary N) is 1. The van der Waals surface area contributed by atoms with Crippen LogP contribution in [0, 0.1) is 0 Å². The number of nitrogen functional groups attached to an aromatic ring is 1. The summed E-state index contributed by atoms with van der Waals surface area (Å²) in [5.41, 5.74) is 6.33. The Balaban J connectivity index is 1.12. The molecule has 10 nitrogen and oxygen atoms in total. The zero-order valence-electron chi connectivity index (χ0n) is 27.5. The van der Waals surface area contributed by atoms with Gasteiger partial charge in [-0.05, 0) is 103 Å². The molecular formula is C35H44BrF3N6O4. The number of para-hydroxylation sites is 1. The van der Waals surface area contributed by atoms with Crippen molar-refractivity contribution in [1.82, 2.24) is 19.6 Å². The van der Waals surface area contributed by atoms with E-state index in [0.717, 1.165) is 43.2 Å². The summed E-state index contributed by atoms with van der Waals surface area (Å²) in [6.45, 7) is 4.27. The predicted octanol–water partition coefficient (Wildman–Crippen LogP) is 6.13. The molecule has 4 heterocycles. The number of hydrogen-bond acceptors (Lipinski definition) is 6. The van der Waals surface area contributed by atoms with E-state index < -0.39 is 35.5 Å². The van der Waals surface area contributed by atoms with E-state index in [0.29, 0.717) is 58.0 Å². The third kappa shape index (κ3) is 8.28. The number of ether oxygens (including phenoxy) is 1. The van der Waals surface area contributed by atoms with Gasteiger partial charge in [-0.15, -0.1) is 0 Å². The van der Waals surface area contributed by atoms with Crippen LogP contribution in [0.4, 0.5) is 34.1 Å². The zero-order chi connectivity index (χ0) is 34.7. The molecule has 0 spiro atoms. The van der Waals surface area contributed by atoms with Crippen LogP contribution in [-0.4, -0.2) is 102 Å². The number of carbonyl (C=O) groups is 3. The first-order valence-electron chi connectivity index (χ1n) is 17.3. The van der Waals surface area contributed by atoms with E-state index in [1.807, 2.05) is 29.2 Å². The number of rotatable bonds is 6. The van der Waals surface area contributed by atoms with Crippen molar-refractivity contribution < 1.29 is 32.3 Å². The highest BCUT2D eigenvalue weighted by atomic mass is 79.9. The minimum absolute atomic E-state index is 0.0555. The molecule has 266 valence electrons. The fourth-order valence-corrected chi connectivity index (χ4v) is 8.16. The van der Waals surface area contributed by atoms with Gasteiger partial charge in [0.05, 0.1) is 11.3 Å². The van der Waals surface area contributed by atoms with Crippen molar-refractivity contribution >= 4 is 45.3 Å². The number of nitrogens with one attached hydrogen (secondary N) is 1. The fourth-order valence-electron chi connectivity index (χ4n) is 7.65. The van der Waals surface area contributed by atoms with Crippen LogP contribution in [0.2, 0.25) is 0 Å². The SMILES string of the molecule is Nc1c(Br)cc(CC(OC(=O)N2CCC(N3CCc4ccccc4NC3=O)CC2)C(=O)N2CCC(N3CCCCC3)CC2)cc1C(F)(F)F. The number of piperidine rings is 3. The van der Waals surface area contributed by atoms with Crippen molar-refractivity contribution in [3.63, 3.8) is 0 Å². The minimum atomic E-state index is -4.70. The maximum absolute atomic E-state index is 14.0. The molecule has 4 amide bonds. The van der Waals surface area contributed by atoms with Crippen LogP contribution in [0.5, 0.6) is 0 Å². The number of carbonyl (C=O) groups excluding carboxylic acids is 3. The number of amides is 4. The van der Waals surface area contributed by atoms with Gasteiger partial charge in [-0.3, -0.25) is 4.79 Å². The lowest BCUT2D eigenvalue weighted by Gasteiger charge is -2.41. The van der Waals surface area contributed by atoms with Gasteiger partial charge in [-0.1, -0.05) is 24.6 Å². The molecule has 3 saturated heterocycles. The summed E-state index contributed by atoms with van der Waals surface area (Å²) in [6, 6.07) is 10.2. The maximum Gasteiger partial charge on any atom is 0.418 e. The van der Waals surface area contributed by atoms with Crippen LogP contribution in [0.15, 0.2) is 40.9 Å². The van der Waals surface area contributed by atoms with Crippen molar-refractivity contribution in [2.75, 3.05) is 56.9 Å². The van der Waals surface area contributed by atoms with Crippen molar-refractivity contribution in [1.29, 1.82) is 0 Å². The normalized spacial score (nSPS) is 20.7. The van der Waals surface area contributed by atoms with E-state index in [4.69, 9.17) is 10.5 Å². The standard InChI is InChI=1S/C35H44BrF3N6O4/c36-28-21-23(20-27(31(28)40)35(37,38)39)22-30(32(46)43-15-9-25(10-16-43)42-13-4-1-5-14-42)49-34(48)44-17-11-26(12-18-44)45-19-8-24-6-2-3-7-29(24)41-33(45)47/h2-3,6-7,20-21,25-26,30H,1,4-5,8-19,22,40H2,(H,41,47). The van der Waals surface area contributed by atoms with E-state index in [2.05, 4.69) is 26.1 Å². The number of anilines is 2. The molecule has 4 aliphatic heterocycles. The van der Waals surface area contributed by atoms with E-state index in [-0.39, 0.29) is 28.5 Å². The van der Waals surface area contributed by atoms with Gasteiger partial charge >= 0.3 is 18.3 Å². The molecule has 14 heteroatoms. The van der Waals surface area contributed by atoms with Gasteiger partial charge in [-0.2, -0.15) is 13.2 Å². The number of halogens is 4. The molecule has 0 saturated carbocycles. The lowest BCUT2D eigenvalue weighted by Crippen LogP contribution is -2.53. The van der Waals surface area contributed by atoms with E-state index in [1.54, 1.807) is 4.90 Å². The first-order valence-corrected chi connectivity index (χ1v) is 18.1. The number of hydrogen-bond donors (Lipinski definition) is 2. The van der Waals surface area contributed by atoms with Crippen molar-refractivity contribution in [2.45, 2.75) is 82.2 Å². The maximum atomic E-state index is 14.0. The summed E-state index contributed by atoms with van der Waals surface area (Å²) in [4.78, 5) is 48.1. The highest BCUT2D eigenvalue weighted by Gasteiger charge is 2.38. The number of benzene rings is 2. The average Bonchev–Trinajstić information content (AvgIpc) is 3.27. The Morgan fingerprint density at radius 3 is 2.27 bits per heavy atom. The van der Waals surface area contributed by atoms with Crippen LogP contribution >= 0.6 is 15.9 Å². The third-order valence-corrected chi connectivity index (χ3v) is 11.1. The molecule has 6 rings (SSSR count). The summed E-state index contributed by atoms with van der Waals surface area (Å²) in [5.74, 6) is -0.414. The quantitative estimate of drug-likeness (QED) is 0.344. The van der Waals surface area contributed by atoms with Gasteiger partial charge < -0.3 is 35.4 Å². The lowest BCUT2D eigenvalue weighted by molar-refractivity contribution is -0.142. The second-order valence-corrected chi connectivity index (χ2v) is 14.4. The van der Waals surface area contributed by atoms with Crippen LogP contribution in [0.3, 0.4) is 0 Å². The summed E-state index contributed by atoms with van der Waals surface area (Å²) >= 11 is 3.13.